The Morgan fingerprint density at radius 1 is 1.30 bits per heavy atom. The molecule has 1 aromatic rings. The number of hydrogen-bond acceptors (Lipinski definition) is 4. The SMILES string of the molecule is CCN(CCCN(C)C)C(=O)c1ccc(OC)c(O)c1. The molecule has 5 heteroatoms. The molecule has 0 bridgehead atoms. The smallest absolute Gasteiger partial charge is 0.253 e. The molecule has 0 heterocycles. The van der Waals surface area contributed by atoms with Gasteiger partial charge in [0.15, 0.2) is 11.5 Å². The van der Waals surface area contributed by atoms with Crippen LogP contribution in [0.5, 0.6) is 11.5 Å². The Hall–Kier alpha value is -1.75. The van der Waals surface area contributed by atoms with Gasteiger partial charge in [0.05, 0.1) is 7.11 Å². The standard InChI is InChI=1S/C15H24N2O3/c1-5-17(10-6-9-16(2)3)15(19)12-7-8-14(20-4)13(18)11-12/h7-8,11,18H,5-6,9-10H2,1-4H3. The fraction of sp³-hybridized carbons (Fsp3) is 0.533. The fourth-order valence-electron chi connectivity index (χ4n) is 1.99. The van der Waals surface area contributed by atoms with Crippen LogP contribution in [0.3, 0.4) is 0 Å². The van der Waals surface area contributed by atoms with E-state index in [9.17, 15) is 9.90 Å². The molecule has 0 atom stereocenters. The van der Waals surface area contributed by atoms with Crippen LogP contribution in [0.15, 0.2) is 18.2 Å². The first-order valence-electron chi connectivity index (χ1n) is 6.80. The van der Waals surface area contributed by atoms with Crippen LogP contribution in [-0.4, -0.2) is 61.7 Å². The maximum absolute atomic E-state index is 12.4. The third-order valence-electron chi connectivity index (χ3n) is 3.13. The Bertz CT molecular complexity index is 447. The number of benzene rings is 1. The van der Waals surface area contributed by atoms with Crippen LogP contribution in [0.25, 0.3) is 0 Å². The largest absolute Gasteiger partial charge is 0.504 e. The summed E-state index contributed by atoms with van der Waals surface area (Å²) in [6, 6.07) is 4.74. The maximum Gasteiger partial charge on any atom is 0.253 e. The normalized spacial score (nSPS) is 10.7. The van der Waals surface area contributed by atoms with Crippen molar-refractivity contribution in [3.63, 3.8) is 0 Å². The zero-order valence-electron chi connectivity index (χ0n) is 12.7. The van der Waals surface area contributed by atoms with Gasteiger partial charge in [-0.2, -0.15) is 0 Å². The van der Waals surface area contributed by atoms with Gasteiger partial charge in [-0.3, -0.25) is 4.79 Å². The lowest BCUT2D eigenvalue weighted by Gasteiger charge is -2.22. The molecular weight excluding hydrogens is 256 g/mol. The second kappa shape index (κ2) is 7.75. The average molecular weight is 280 g/mol. The molecule has 20 heavy (non-hydrogen) atoms. The molecule has 0 spiro atoms. The van der Waals surface area contributed by atoms with E-state index in [1.807, 2.05) is 21.0 Å². The minimum absolute atomic E-state index is 0.0114. The Balaban J connectivity index is 2.72. The van der Waals surface area contributed by atoms with Crippen molar-refractivity contribution in [1.29, 1.82) is 0 Å². The number of nitrogens with zero attached hydrogens (tertiary/aromatic N) is 2. The van der Waals surface area contributed by atoms with Gasteiger partial charge in [-0.25, -0.2) is 0 Å². The summed E-state index contributed by atoms with van der Waals surface area (Å²) in [6.07, 6.45) is 0.925. The van der Waals surface area contributed by atoms with E-state index in [0.717, 1.165) is 13.0 Å². The van der Waals surface area contributed by atoms with Gasteiger partial charge >= 0.3 is 0 Å². The Kier molecular flexibility index (Phi) is 6.31. The number of aromatic hydroxyl groups is 1. The highest BCUT2D eigenvalue weighted by Crippen LogP contribution is 2.26. The third kappa shape index (κ3) is 4.42. The summed E-state index contributed by atoms with van der Waals surface area (Å²) in [5.41, 5.74) is 0.481. The molecule has 1 amide bonds. The lowest BCUT2D eigenvalue weighted by Crippen LogP contribution is -2.33. The zero-order valence-corrected chi connectivity index (χ0v) is 12.7. The van der Waals surface area contributed by atoms with E-state index in [0.29, 0.717) is 24.4 Å². The quantitative estimate of drug-likeness (QED) is 0.827. The number of phenolic OH excluding ortho intramolecular Hbond substituents is 1. The number of ether oxygens (including phenoxy) is 1. The summed E-state index contributed by atoms with van der Waals surface area (Å²) in [7, 11) is 5.51. The van der Waals surface area contributed by atoms with Crippen molar-refractivity contribution >= 4 is 5.91 Å². The van der Waals surface area contributed by atoms with Crippen molar-refractivity contribution in [1.82, 2.24) is 9.80 Å². The van der Waals surface area contributed by atoms with Gasteiger partial charge < -0.3 is 19.6 Å². The number of methoxy groups -OCH3 is 1. The first-order valence-corrected chi connectivity index (χ1v) is 6.80. The lowest BCUT2D eigenvalue weighted by molar-refractivity contribution is 0.0759. The van der Waals surface area contributed by atoms with Gasteiger partial charge in [-0.15, -0.1) is 0 Å². The molecule has 0 saturated heterocycles. The van der Waals surface area contributed by atoms with Crippen molar-refractivity contribution in [2.45, 2.75) is 13.3 Å². The molecule has 0 fully saturated rings. The predicted octanol–water partition coefficient (Wildman–Crippen LogP) is 1.81. The van der Waals surface area contributed by atoms with Crippen LogP contribution in [-0.2, 0) is 0 Å². The molecular formula is C15H24N2O3. The average Bonchev–Trinajstić information content (AvgIpc) is 2.42. The molecule has 0 unspecified atom stereocenters. The lowest BCUT2D eigenvalue weighted by atomic mass is 10.1. The van der Waals surface area contributed by atoms with Crippen molar-refractivity contribution < 1.29 is 14.6 Å². The number of carbonyl (C=O) groups is 1. The van der Waals surface area contributed by atoms with Crippen molar-refractivity contribution in [3.8, 4) is 11.5 Å². The van der Waals surface area contributed by atoms with Gasteiger partial charge in [-0.05, 0) is 52.2 Å². The van der Waals surface area contributed by atoms with Crippen LogP contribution in [0.1, 0.15) is 23.7 Å². The molecule has 0 aliphatic heterocycles. The molecule has 1 rings (SSSR count). The number of rotatable bonds is 7. The van der Waals surface area contributed by atoms with Gasteiger partial charge in [0.25, 0.3) is 5.91 Å². The first kappa shape index (κ1) is 16.3. The van der Waals surface area contributed by atoms with Crippen LogP contribution >= 0.6 is 0 Å². The van der Waals surface area contributed by atoms with E-state index in [2.05, 4.69) is 4.90 Å². The van der Waals surface area contributed by atoms with Gasteiger partial charge in [0, 0.05) is 18.7 Å². The number of hydrogen-bond donors (Lipinski definition) is 1. The van der Waals surface area contributed by atoms with Crippen LogP contribution in [0.4, 0.5) is 0 Å². The van der Waals surface area contributed by atoms with E-state index >= 15 is 0 Å². The summed E-state index contributed by atoms with van der Waals surface area (Å²) < 4.78 is 4.98. The van der Waals surface area contributed by atoms with Crippen molar-refractivity contribution in [3.05, 3.63) is 23.8 Å². The molecule has 0 aliphatic carbocycles. The molecule has 1 aromatic carbocycles. The number of amides is 1. The van der Waals surface area contributed by atoms with Crippen molar-refractivity contribution in [2.75, 3.05) is 40.8 Å². The van der Waals surface area contributed by atoms with Crippen LogP contribution in [0.2, 0.25) is 0 Å². The highest BCUT2D eigenvalue weighted by molar-refractivity contribution is 5.94. The van der Waals surface area contributed by atoms with Gasteiger partial charge in [0.1, 0.15) is 0 Å². The molecule has 5 nitrogen and oxygen atoms in total. The van der Waals surface area contributed by atoms with E-state index in [1.54, 1.807) is 17.0 Å². The van der Waals surface area contributed by atoms with Crippen LogP contribution < -0.4 is 4.74 Å². The second-order valence-corrected chi connectivity index (χ2v) is 4.93. The molecule has 0 aromatic heterocycles. The molecule has 112 valence electrons. The Morgan fingerprint density at radius 2 is 2.00 bits per heavy atom. The number of phenols is 1. The predicted molar refractivity (Wildman–Crippen MR) is 79.4 cm³/mol. The minimum atomic E-state index is -0.0655. The second-order valence-electron chi connectivity index (χ2n) is 4.93. The first-order chi connectivity index (χ1) is 9.49. The summed E-state index contributed by atoms with van der Waals surface area (Å²) >= 11 is 0. The molecule has 0 aliphatic rings. The maximum atomic E-state index is 12.4. The highest BCUT2D eigenvalue weighted by Gasteiger charge is 2.15. The van der Waals surface area contributed by atoms with E-state index < -0.39 is 0 Å². The van der Waals surface area contributed by atoms with E-state index in [-0.39, 0.29) is 11.7 Å². The fourth-order valence-corrected chi connectivity index (χ4v) is 1.99. The van der Waals surface area contributed by atoms with E-state index in [1.165, 1.54) is 13.2 Å². The molecule has 1 N–H and O–H groups in total. The Labute approximate surface area is 120 Å². The monoisotopic (exact) mass is 280 g/mol. The summed E-state index contributed by atoms with van der Waals surface area (Å²) in [4.78, 5) is 16.2. The zero-order chi connectivity index (χ0) is 15.1. The minimum Gasteiger partial charge on any atom is -0.504 e. The van der Waals surface area contributed by atoms with Gasteiger partial charge in [0.2, 0.25) is 0 Å². The number of carbonyl (C=O) groups excluding carboxylic acids is 1. The topological polar surface area (TPSA) is 53.0 Å². The summed E-state index contributed by atoms with van der Waals surface area (Å²) in [5.74, 6) is 0.295. The van der Waals surface area contributed by atoms with Gasteiger partial charge in [-0.1, -0.05) is 0 Å². The summed E-state index contributed by atoms with van der Waals surface area (Å²) in [6.45, 7) is 4.26. The highest BCUT2D eigenvalue weighted by atomic mass is 16.5. The molecule has 0 radical (unpaired) electrons. The third-order valence-corrected chi connectivity index (χ3v) is 3.13. The van der Waals surface area contributed by atoms with Crippen molar-refractivity contribution in [2.24, 2.45) is 0 Å². The summed E-state index contributed by atoms with van der Waals surface area (Å²) in [5, 5.41) is 9.74. The van der Waals surface area contributed by atoms with Crippen LogP contribution in [0, 0.1) is 0 Å². The van der Waals surface area contributed by atoms with E-state index in [4.69, 9.17) is 4.74 Å². The Morgan fingerprint density at radius 3 is 2.50 bits per heavy atom. The molecule has 0 saturated carbocycles.